The lowest BCUT2D eigenvalue weighted by Gasteiger charge is -2.16. The summed E-state index contributed by atoms with van der Waals surface area (Å²) in [4.78, 5) is 4.86. The van der Waals surface area contributed by atoms with Crippen LogP contribution in [0.5, 0.6) is 17.2 Å². The lowest BCUT2D eigenvalue weighted by molar-refractivity contribution is 0.241. The van der Waals surface area contributed by atoms with Crippen molar-refractivity contribution in [2.24, 2.45) is 0 Å². The van der Waals surface area contributed by atoms with E-state index in [4.69, 9.17) is 28.7 Å². The molecule has 0 spiro atoms. The van der Waals surface area contributed by atoms with E-state index in [1.54, 1.807) is 14.2 Å². The largest absolute Gasteiger partial charge is 0.493 e. The molecule has 0 radical (unpaired) electrons. The molecule has 0 bridgehead atoms. The van der Waals surface area contributed by atoms with E-state index in [1.165, 1.54) is 0 Å². The predicted molar refractivity (Wildman–Crippen MR) is 103 cm³/mol. The number of benzene rings is 2. The summed E-state index contributed by atoms with van der Waals surface area (Å²) in [5, 5.41) is 0. The highest BCUT2D eigenvalue weighted by Crippen LogP contribution is 2.42. The van der Waals surface area contributed by atoms with Gasteiger partial charge < -0.3 is 28.3 Å². The molecule has 0 N–H and O–H groups in total. The van der Waals surface area contributed by atoms with Crippen LogP contribution in [0.25, 0.3) is 22.4 Å². The molecule has 7 nitrogen and oxygen atoms in total. The Morgan fingerprint density at radius 3 is 2.36 bits per heavy atom. The molecule has 7 heteroatoms. The minimum absolute atomic E-state index is 0.150. The molecule has 5 rings (SSSR count). The van der Waals surface area contributed by atoms with Gasteiger partial charge in [-0.3, -0.25) is 0 Å². The van der Waals surface area contributed by atoms with Gasteiger partial charge in [0, 0.05) is 5.56 Å². The maximum Gasteiger partial charge on any atom is 0.203 e. The fourth-order valence-corrected chi connectivity index (χ4v) is 3.35. The van der Waals surface area contributed by atoms with Crippen molar-refractivity contribution in [3.8, 4) is 28.6 Å². The second-order valence-corrected chi connectivity index (χ2v) is 6.97. The van der Waals surface area contributed by atoms with Crippen LogP contribution in [0.3, 0.4) is 0 Å². The van der Waals surface area contributed by atoms with Gasteiger partial charge in [-0.05, 0) is 24.3 Å². The molecule has 2 saturated heterocycles. The number of ether oxygens (including phenoxy) is 5. The van der Waals surface area contributed by atoms with Crippen molar-refractivity contribution in [3.05, 3.63) is 36.4 Å². The van der Waals surface area contributed by atoms with E-state index in [0.717, 1.165) is 42.2 Å². The third kappa shape index (κ3) is 3.27. The fourth-order valence-electron chi connectivity index (χ4n) is 3.35. The molecule has 0 aliphatic carbocycles. The third-order valence-electron chi connectivity index (χ3n) is 4.98. The van der Waals surface area contributed by atoms with Crippen LogP contribution in [0.4, 0.5) is 0 Å². The van der Waals surface area contributed by atoms with E-state index in [-0.39, 0.29) is 12.2 Å². The molecule has 2 aliphatic heterocycles. The van der Waals surface area contributed by atoms with E-state index >= 15 is 0 Å². The Bertz CT molecular complexity index is 982. The Morgan fingerprint density at radius 2 is 1.71 bits per heavy atom. The first kappa shape index (κ1) is 17.3. The number of fused-ring (bicyclic) bond motifs is 1. The number of imidazole rings is 1. The number of hydrogen-bond acceptors (Lipinski definition) is 6. The predicted octanol–water partition coefficient (Wildman–Crippen LogP) is 2.90. The van der Waals surface area contributed by atoms with Crippen molar-refractivity contribution in [1.82, 2.24) is 9.55 Å². The molecule has 3 heterocycles. The molecule has 2 unspecified atom stereocenters. The van der Waals surface area contributed by atoms with Gasteiger partial charge >= 0.3 is 0 Å². The van der Waals surface area contributed by atoms with Crippen LogP contribution in [-0.2, 0) is 16.0 Å². The van der Waals surface area contributed by atoms with Gasteiger partial charge in [-0.25, -0.2) is 4.98 Å². The number of aromatic nitrogens is 2. The van der Waals surface area contributed by atoms with Crippen LogP contribution in [0.15, 0.2) is 36.4 Å². The fraction of sp³-hybridized carbons (Fsp3) is 0.381. The van der Waals surface area contributed by atoms with E-state index in [9.17, 15) is 0 Å². The van der Waals surface area contributed by atoms with Crippen molar-refractivity contribution in [3.63, 3.8) is 0 Å². The molecule has 2 fully saturated rings. The molecule has 0 amide bonds. The molecule has 2 aromatic carbocycles. The van der Waals surface area contributed by atoms with Crippen LogP contribution >= 0.6 is 0 Å². The molecule has 146 valence electrons. The number of hydrogen-bond donors (Lipinski definition) is 0. The molecular weight excluding hydrogens is 360 g/mol. The summed E-state index contributed by atoms with van der Waals surface area (Å²) in [5.41, 5.74) is 2.93. The first-order chi connectivity index (χ1) is 13.8. The Hall–Kier alpha value is -2.77. The zero-order valence-corrected chi connectivity index (χ0v) is 15.9. The van der Waals surface area contributed by atoms with Gasteiger partial charge in [-0.2, -0.15) is 0 Å². The van der Waals surface area contributed by atoms with Gasteiger partial charge in [-0.15, -0.1) is 0 Å². The van der Waals surface area contributed by atoms with E-state index in [2.05, 4.69) is 10.6 Å². The van der Waals surface area contributed by atoms with Gasteiger partial charge in [0.2, 0.25) is 5.75 Å². The SMILES string of the molecule is COc1cc(-c2nc3ccccc3n2CC2CO2)cc(OC)c1OCC1CO1. The number of epoxide rings is 2. The highest BCUT2D eigenvalue weighted by atomic mass is 16.6. The Morgan fingerprint density at radius 1 is 1.04 bits per heavy atom. The van der Waals surface area contributed by atoms with Crippen molar-refractivity contribution >= 4 is 11.0 Å². The molecule has 3 aromatic rings. The Balaban J connectivity index is 1.60. The maximum absolute atomic E-state index is 5.91. The summed E-state index contributed by atoms with van der Waals surface area (Å²) in [6.07, 6.45) is 0.387. The maximum atomic E-state index is 5.91. The monoisotopic (exact) mass is 382 g/mol. The second-order valence-electron chi connectivity index (χ2n) is 6.97. The number of rotatable bonds is 8. The van der Waals surface area contributed by atoms with Gasteiger partial charge in [0.25, 0.3) is 0 Å². The van der Waals surface area contributed by atoms with Gasteiger partial charge in [0.15, 0.2) is 11.5 Å². The zero-order valence-electron chi connectivity index (χ0n) is 15.9. The second kappa shape index (κ2) is 7.00. The van der Waals surface area contributed by atoms with Gasteiger partial charge in [0.1, 0.15) is 18.5 Å². The van der Waals surface area contributed by atoms with Crippen LogP contribution in [0.1, 0.15) is 0 Å². The average molecular weight is 382 g/mol. The summed E-state index contributed by atoms with van der Waals surface area (Å²) < 4.78 is 30.0. The quantitative estimate of drug-likeness (QED) is 0.558. The van der Waals surface area contributed by atoms with Crippen molar-refractivity contribution in [2.75, 3.05) is 34.0 Å². The highest BCUT2D eigenvalue weighted by molar-refractivity contribution is 5.81. The zero-order chi connectivity index (χ0) is 19.1. The van der Waals surface area contributed by atoms with Crippen molar-refractivity contribution < 1.29 is 23.7 Å². The van der Waals surface area contributed by atoms with E-state index in [1.807, 2.05) is 30.3 Å². The third-order valence-corrected chi connectivity index (χ3v) is 4.98. The van der Waals surface area contributed by atoms with Crippen LogP contribution in [0.2, 0.25) is 0 Å². The van der Waals surface area contributed by atoms with Crippen LogP contribution in [-0.4, -0.2) is 55.8 Å². The van der Waals surface area contributed by atoms with Gasteiger partial charge in [-0.1, -0.05) is 12.1 Å². The van der Waals surface area contributed by atoms with E-state index in [0.29, 0.717) is 23.9 Å². The summed E-state index contributed by atoms with van der Waals surface area (Å²) >= 11 is 0. The molecule has 1 aromatic heterocycles. The van der Waals surface area contributed by atoms with Crippen molar-refractivity contribution in [1.29, 1.82) is 0 Å². The van der Waals surface area contributed by atoms with Crippen LogP contribution in [0, 0.1) is 0 Å². The number of methoxy groups -OCH3 is 2. The molecule has 0 saturated carbocycles. The number of para-hydroxylation sites is 2. The summed E-state index contributed by atoms with van der Waals surface area (Å²) in [5.74, 6) is 2.65. The molecule has 2 aliphatic rings. The minimum atomic E-state index is 0.150. The summed E-state index contributed by atoms with van der Waals surface area (Å²) in [7, 11) is 3.25. The smallest absolute Gasteiger partial charge is 0.203 e. The first-order valence-corrected chi connectivity index (χ1v) is 9.34. The lowest BCUT2D eigenvalue weighted by atomic mass is 10.1. The standard InChI is InChI=1S/C21H22N2O5/c1-24-18-7-13(8-19(25-2)20(18)28-12-15-11-27-15)21-22-16-5-3-4-6-17(16)23(21)9-14-10-26-14/h3-8,14-15H,9-12H2,1-2H3. The number of nitrogens with zero attached hydrogens (tertiary/aromatic N) is 2. The molecule has 2 atom stereocenters. The van der Waals surface area contributed by atoms with Crippen molar-refractivity contribution in [2.45, 2.75) is 18.8 Å². The Labute approximate surface area is 162 Å². The lowest BCUT2D eigenvalue weighted by Crippen LogP contribution is -2.08. The minimum Gasteiger partial charge on any atom is -0.493 e. The normalized spacial score (nSPS) is 20.2. The highest BCUT2D eigenvalue weighted by Gasteiger charge is 2.28. The first-order valence-electron chi connectivity index (χ1n) is 9.34. The Kier molecular flexibility index (Phi) is 4.33. The topological polar surface area (TPSA) is 70.6 Å². The summed E-state index contributed by atoms with van der Waals surface area (Å²) in [6, 6.07) is 12.0. The summed E-state index contributed by atoms with van der Waals surface area (Å²) in [6.45, 7) is 2.76. The van der Waals surface area contributed by atoms with E-state index < -0.39 is 0 Å². The average Bonchev–Trinajstić information content (AvgIpc) is 3.65. The van der Waals surface area contributed by atoms with Crippen LogP contribution < -0.4 is 14.2 Å². The van der Waals surface area contributed by atoms with Gasteiger partial charge in [0.05, 0.1) is 51.1 Å². The molecule has 28 heavy (non-hydrogen) atoms. The molecular formula is C21H22N2O5.